The Kier molecular flexibility index (Phi) is 6.95. The van der Waals surface area contributed by atoms with Crippen molar-refractivity contribution in [2.45, 2.75) is 31.8 Å². The highest BCUT2D eigenvalue weighted by Gasteiger charge is 2.41. The number of carbonyl (C=O) groups is 1. The van der Waals surface area contributed by atoms with Gasteiger partial charge in [-0.05, 0) is 44.2 Å². The van der Waals surface area contributed by atoms with Crippen molar-refractivity contribution in [1.29, 1.82) is 0 Å². The van der Waals surface area contributed by atoms with Gasteiger partial charge in [0.15, 0.2) is 11.2 Å². The minimum Gasteiger partial charge on any atom is -0.480 e. The lowest BCUT2D eigenvalue weighted by molar-refractivity contribution is -0.140. The van der Waals surface area contributed by atoms with E-state index in [0.717, 1.165) is 15.4 Å². The van der Waals surface area contributed by atoms with Crippen molar-refractivity contribution < 1.29 is 28.3 Å². The number of carboxylic acids is 1. The molecular weight excluding hydrogens is 511 g/mol. The lowest BCUT2D eigenvalue weighted by Gasteiger charge is -2.37. The van der Waals surface area contributed by atoms with Crippen LogP contribution in [0.25, 0.3) is 21.9 Å². The van der Waals surface area contributed by atoms with Crippen molar-refractivity contribution in [2.75, 3.05) is 26.5 Å². The van der Waals surface area contributed by atoms with E-state index in [1.54, 1.807) is 18.5 Å². The molecule has 0 aliphatic heterocycles. The van der Waals surface area contributed by atoms with Crippen LogP contribution in [0.15, 0.2) is 48.8 Å². The fraction of sp³-hybridized carbons (Fsp3) is 0.360. The maximum Gasteiger partial charge on any atom is 0.461 e. The zero-order valence-electron chi connectivity index (χ0n) is 21.2. The number of rotatable bonds is 10. The molecule has 1 aliphatic carbocycles. The summed E-state index contributed by atoms with van der Waals surface area (Å²) in [5.41, 5.74) is 6.94. The van der Waals surface area contributed by atoms with E-state index in [1.807, 2.05) is 34.9 Å². The highest BCUT2D eigenvalue weighted by Crippen LogP contribution is 2.54. The maximum atomic E-state index is 14.1. The molecule has 2 aromatic carbocycles. The highest BCUT2D eigenvalue weighted by molar-refractivity contribution is 7.51. The SMILES string of the molecule is COc1nc(N)nc2c1ncn2C1CC(COP(=O)(Oc2cccc3ccccc23)N(C)[C@@H](C)C(=O)O)C1. The number of ether oxygens (including phenoxy) is 1. The van der Waals surface area contributed by atoms with Crippen LogP contribution in [-0.2, 0) is 13.9 Å². The maximum absolute atomic E-state index is 14.1. The average Bonchev–Trinajstić information content (AvgIpc) is 3.29. The second-order valence-corrected chi connectivity index (χ2v) is 11.3. The van der Waals surface area contributed by atoms with E-state index in [-0.39, 0.29) is 24.5 Å². The van der Waals surface area contributed by atoms with Crippen molar-refractivity contribution in [3.05, 3.63) is 48.8 Å². The molecule has 0 saturated heterocycles. The molecule has 0 radical (unpaired) electrons. The summed E-state index contributed by atoms with van der Waals surface area (Å²) < 4.78 is 34.3. The largest absolute Gasteiger partial charge is 0.480 e. The Hall–Kier alpha value is -3.73. The van der Waals surface area contributed by atoms with Gasteiger partial charge in [-0.2, -0.15) is 14.6 Å². The molecule has 5 rings (SSSR count). The fourth-order valence-electron chi connectivity index (χ4n) is 4.53. The molecule has 0 bridgehead atoms. The van der Waals surface area contributed by atoms with Gasteiger partial charge < -0.3 is 24.7 Å². The normalized spacial score (nSPS) is 19.7. The summed E-state index contributed by atoms with van der Waals surface area (Å²) in [6.07, 6.45) is 3.11. The summed E-state index contributed by atoms with van der Waals surface area (Å²) in [7, 11) is -1.10. The monoisotopic (exact) mass is 540 g/mol. The summed E-state index contributed by atoms with van der Waals surface area (Å²) in [4.78, 5) is 24.5. The topological polar surface area (TPSA) is 155 Å². The molecular formula is C25H29N6O6P. The lowest BCUT2D eigenvalue weighted by atomic mass is 9.81. The zero-order chi connectivity index (χ0) is 27.0. The van der Waals surface area contributed by atoms with E-state index in [1.165, 1.54) is 21.1 Å². The smallest absolute Gasteiger partial charge is 0.461 e. The van der Waals surface area contributed by atoms with Gasteiger partial charge >= 0.3 is 13.7 Å². The van der Waals surface area contributed by atoms with Gasteiger partial charge in [-0.15, -0.1) is 0 Å². The number of aromatic nitrogens is 4. The predicted molar refractivity (Wildman–Crippen MR) is 141 cm³/mol. The van der Waals surface area contributed by atoms with Crippen molar-refractivity contribution in [1.82, 2.24) is 24.2 Å². The number of nitrogens with zero attached hydrogens (tertiary/aromatic N) is 5. The van der Waals surface area contributed by atoms with Crippen LogP contribution in [-0.4, -0.2) is 62.1 Å². The van der Waals surface area contributed by atoms with Crippen molar-refractivity contribution in [3.8, 4) is 11.6 Å². The van der Waals surface area contributed by atoms with Crippen LogP contribution >= 0.6 is 7.75 Å². The number of hydrogen-bond donors (Lipinski definition) is 2. The standard InChI is InChI=1S/C25H29N6O6P/c1-15(24(32)33)30(2)38(34,37-20-10-6-8-17-7-4-5-9-19(17)20)36-13-16-11-18(12-16)31-14-27-21-22(31)28-25(26)29-23(21)35-3/h4-10,14-16,18H,11-13H2,1-3H3,(H,32,33)(H2,26,28,29)/t15-,16?,18?,38?/m0/s1. The zero-order valence-corrected chi connectivity index (χ0v) is 22.1. The first-order valence-electron chi connectivity index (χ1n) is 12.1. The Labute approximate surface area is 218 Å². The second-order valence-electron chi connectivity index (χ2n) is 9.33. The third-order valence-corrected chi connectivity index (χ3v) is 8.97. The van der Waals surface area contributed by atoms with Crippen LogP contribution in [0.5, 0.6) is 11.6 Å². The second kappa shape index (κ2) is 10.2. The van der Waals surface area contributed by atoms with Crippen LogP contribution in [0, 0.1) is 5.92 Å². The Morgan fingerprint density at radius 2 is 1.97 bits per heavy atom. The van der Waals surface area contributed by atoms with Gasteiger partial charge in [0.25, 0.3) is 0 Å². The molecule has 0 amide bonds. The van der Waals surface area contributed by atoms with Crippen LogP contribution in [0.2, 0.25) is 0 Å². The quantitative estimate of drug-likeness (QED) is 0.279. The van der Waals surface area contributed by atoms with E-state index in [2.05, 4.69) is 15.0 Å². The molecule has 1 saturated carbocycles. The van der Waals surface area contributed by atoms with E-state index in [4.69, 9.17) is 19.5 Å². The number of aliphatic carboxylic acids is 1. The summed E-state index contributed by atoms with van der Waals surface area (Å²) in [6, 6.07) is 11.9. The Morgan fingerprint density at radius 1 is 1.24 bits per heavy atom. The molecule has 200 valence electrons. The van der Waals surface area contributed by atoms with Gasteiger partial charge in [-0.1, -0.05) is 36.4 Å². The first-order chi connectivity index (χ1) is 18.2. The molecule has 2 atom stereocenters. The summed E-state index contributed by atoms with van der Waals surface area (Å²) in [5, 5.41) is 11.2. The molecule has 0 spiro atoms. The molecule has 3 N–H and O–H groups in total. The predicted octanol–water partition coefficient (Wildman–Crippen LogP) is 4.13. The number of likely N-dealkylation sites (N-methyl/N-ethyl adjacent to an activating group) is 1. The molecule has 38 heavy (non-hydrogen) atoms. The van der Waals surface area contributed by atoms with Gasteiger partial charge in [0.2, 0.25) is 11.8 Å². The molecule has 1 fully saturated rings. The Bertz CT molecular complexity index is 1530. The van der Waals surface area contributed by atoms with Gasteiger partial charge in [-0.3, -0.25) is 9.32 Å². The first kappa shape index (κ1) is 25.9. The number of methoxy groups -OCH3 is 1. The van der Waals surface area contributed by atoms with Crippen LogP contribution < -0.4 is 15.0 Å². The van der Waals surface area contributed by atoms with Crippen LogP contribution in [0.3, 0.4) is 0 Å². The molecule has 13 heteroatoms. The Balaban J connectivity index is 1.33. The number of nitrogens with two attached hydrogens (primary N) is 1. The third kappa shape index (κ3) is 4.78. The molecule has 2 aromatic heterocycles. The van der Waals surface area contributed by atoms with Crippen molar-refractivity contribution in [3.63, 3.8) is 0 Å². The summed E-state index contributed by atoms with van der Waals surface area (Å²) >= 11 is 0. The van der Waals surface area contributed by atoms with Gasteiger partial charge in [0, 0.05) is 11.4 Å². The molecule has 4 aromatic rings. The van der Waals surface area contributed by atoms with Crippen molar-refractivity contribution in [2.24, 2.45) is 5.92 Å². The minimum atomic E-state index is -4.04. The number of hydrogen-bond acceptors (Lipinski definition) is 9. The van der Waals surface area contributed by atoms with E-state index >= 15 is 0 Å². The minimum absolute atomic E-state index is 0.0662. The first-order valence-corrected chi connectivity index (χ1v) is 13.6. The van der Waals surface area contributed by atoms with Gasteiger partial charge in [0.05, 0.1) is 20.0 Å². The van der Waals surface area contributed by atoms with E-state index in [9.17, 15) is 14.5 Å². The lowest BCUT2D eigenvalue weighted by Crippen LogP contribution is -2.36. The molecule has 1 aliphatic rings. The molecule has 12 nitrogen and oxygen atoms in total. The third-order valence-electron chi connectivity index (χ3n) is 6.95. The number of fused-ring (bicyclic) bond motifs is 2. The van der Waals surface area contributed by atoms with Crippen LogP contribution in [0.4, 0.5) is 5.95 Å². The van der Waals surface area contributed by atoms with Crippen molar-refractivity contribution >= 4 is 41.6 Å². The van der Waals surface area contributed by atoms with E-state index < -0.39 is 19.8 Å². The van der Waals surface area contributed by atoms with Gasteiger partial charge in [-0.25, -0.2) is 9.55 Å². The average molecular weight is 541 g/mol. The highest BCUT2D eigenvalue weighted by atomic mass is 31.2. The van der Waals surface area contributed by atoms with Gasteiger partial charge in [0.1, 0.15) is 11.8 Å². The summed E-state index contributed by atoms with van der Waals surface area (Å²) in [6.45, 7) is 1.57. The number of imidazole rings is 1. The van der Waals surface area contributed by atoms with Crippen LogP contribution in [0.1, 0.15) is 25.8 Å². The van der Waals surface area contributed by atoms with E-state index in [0.29, 0.717) is 35.6 Å². The number of nitrogen functional groups attached to an aromatic ring is 1. The number of carboxylic acid groups (broad SMARTS) is 1. The number of anilines is 1. The molecule has 2 heterocycles. The fourth-order valence-corrected chi connectivity index (χ4v) is 6.23. The number of benzene rings is 2. The summed E-state index contributed by atoms with van der Waals surface area (Å²) in [5.74, 6) is -0.301. The Morgan fingerprint density at radius 3 is 2.71 bits per heavy atom. The molecule has 1 unspecified atom stereocenters.